The first-order chi connectivity index (χ1) is 9.13. The molecular formula is C15H19FN2O. The highest BCUT2D eigenvalue weighted by molar-refractivity contribution is 5.46. The molecule has 0 fully saturated rings. The zero-order chi connectivity index (χ0) is 13.8. The standard InChI is InChI=1S/C15H19FN2O/c1-3-18(14-6-4-5-13(16)8-14)10-15-7-12(9-17)11(2)19-15/h4-8H,3,9-10,17H2,1-2H3. The smallest absolute Gasteiger partial charge is 0.125 e. The lowest BCUT2D eigenvalue weighted by Gasteiger charge is -2.21. The van der Waals surface area contributed by atoms with Crippen LogP contribution in [0.1, 0.15) is 24.0 Å². The highest BCUT2D eigenvalue weighted by Crippen LogP contribution is 2.21. The number of nitrogens with zero attached hydrogens (tertiary/aromatic N) is 1. The van der Waals surface area contributed by atoms with Gasteiger partial charge in [0, 0.05) is 24.3 Å². The molecule has 0 amide bonds. The number of hydrogen-bond donors (Lipinski definition) is 1. The summed E-state index contributed by atoms with van der Waals surface area (Å²) in [6, 6.07) is 8.56. The fourth-order valence-corrected chi connectivity index (χ4v) is 2.11. The summed E-state index contributed by atoms with van der Waals surface area (Å²) in [6.07, 6.45) is 0. The van der Waals surface area contributed by atoms with Gasteiger partial charge in [-0.15, -0.1) is 0 Å². The minimum atomic E-state index is -0.228. The summed E-state index contributed by atoms with van der Waals surface area (Å²) in [6.45, 7) is 5.80. The third-order valence-corrected chi connectivity index (χ3v) is 3.19. The Morgan fingerprint density at radius 3 is 2.68 bits per heavy atom. The van der Waals surface area contributed by atoms with Gasteiger partial charge < -0.3 is 15.1 Å². The zero-order valence-corrected chi connectivity index (χ0v) is 11.3. The van der Waals surface area contributed by atoms with Crippen molar-refractivity contribution in [1.82, 2.24) is 0 Å². The van der Waals surface area contributed by atoms with Gasteiger partial charge >= 0.3 is 0 Å². The molecule has 2 N–H and O–H groups in total. The normalized spacial score (nSPS) is 10.7. The van der Waals surface area contributed by atoms with Gasteiger partial charge in [-0.25, -0.2) is 4.39 Å². The molecule has 4 heteroatoms. The molecule has 2 rings (SSSR count). The van der Waals surface area contributed by atoms with E-state index in [2.05, 4.69) is 4.90 Å². The topological polar surface area (TPSA) is 42.4 Å². The molecule has 0 unspecified atom stereocenters. The van der Waals surface area contributed by atoms with E-state index in [1.165, 1.54) is 12.1 Å². The fraction of sp³-hybridized carbons (Fsp3) is 0.333. The van der Waals surface area contributed by atoms with Crippen LogP contribution < -0.4 is 10.6 Å². The molecule has 0 aliphatic heterocycles. The van der Waals surface area contributed by atoms with Crippen molar-refractivity contribution >= 4 is 5.69 Å². The van der Waals surface area contributed by atoms with Crippen molar-refractivity contribution in [3.05, 3.63) is 53.2 Å². The van der Waals surface area contributed by atoms with Gasteiger partial charge in [0.05, 0.1) is 6.54 Å². The summed E-state index contributed by atoms with van der Waals surface area (Å²) in [5.74, 6) is 1.48. The van der Waals surface area contributed by atoms with Crippen molar-refractivity contribution in [1.29, 1.82) is 0 Å². The number of aryl methyl sites for hydroxylation is 1. The van der Waals surface area contributed by atoms with Crippen LogP contribution in [0.25, 0.3) is 0 Å². The second-order valence-electron chi connectivity index (χ2n) is 4.49. The van der Waals surface area contributed by atoms with Crippen molar-refractivity contribution in [2.75, 3.05) is 11.4 Å². The summed E-state index contributed by atoms with van der Waals surface area (Å²) >= 11 is 0. The second-order valence-corrected chi connectivity index (χ2v) is 4.49. The summed E-state index contributed by atoms with van der Waals surface area (Å²) in [5.41, 5.74) is 7.51. The van der Waals surface area contributed by atoms with Gasteiger partial charge in [-0.3, -0.25) is 0 Å². The van der Waals surface area contributed by atoms with Gasteiger partial charge in [-0.2, -0.15) is 0 Å². The van der Waals surface area contributed by atoms with E-state index in [-0.39, 0.29) is 5.82 Å². The second kappa shape index (κ2) is 5.89. The van der Waals surface area contributed by atoms with Crippen LogP contribution in [0.5, 0.6) is 0 Å². The molecule has 1 aromatic heterocycles. The van der Waals surface area contributed by atoms with Crippen molar-refractivity contribution in [2.24, 2.45) is 5.73 Å². The molecule has 0 aliphatic carbocycles. The predicted molar refractivity (Wildman–Crippen MR) is 74.5 cm³/mol. The van der Waals surface area contributed by atoms with Crippen LogP contribution >= 0.6 is 0 Å². The lowest BCUT2D eigenvalue weighted by Crippen LogP contribution is -2.21. The maximum Gasteiger partial charge on any atom is 0.125 e. The van der Waals surface area contributed by atoms with Gasteiger partial charge in [0.15, 0.2) is 0 Å². The monoisotopic (exact) mass is 262 g/mol. The molecule has 0 spiro atoms. The Bertz CT molecular complexity index is 551. The van der Waals surface area contributed by atoms with Crippen LogP contribution in [0.3, 0.4) is 0 Å². The number of rotatable bonds is 5. The average Bonchev–Trinajstić information content (AvgIpc) is 2.76. The van der Waals surface area contributed by atoms with Gasteiger partial charge in [-0.05, 0) is 38.1 Å². The molecule has 0 saturated carbocycles. The fourth-order valence-electron chi connectivity index (χ4n) is 2.11. The van der Waals surface area contributed by atoms with E-state index >= 15 is 0 Å². The van der Waals surface area contributed by atoms with Crippen molar-refractivity contribution in [2.45, 2.75) is 26.9 Å². The van der Waals surface area contributed by atoms with Crippen LogP contribution in [0, 0.1) is 12.7 Å². The summed E-state index contributed by atoms with van der Waals surface area (Å²) in [4.78, 5) is 2.06. The molecule has 3 nitrogen and oxygen atoms in total. The van der Waals surface area contributed by atoms with Crippen molar-refractivity contribution in [3.63, 3.8) is 0 Å². The third kappa shape index (κ3) is 3.15. The Morgan fingerprint density at radius 1 is 1.32 bits per heavy atom. The van der Waals surface area contributed by atoms with E-state index in [9.17, 15) is 4.39 Å². The molecule has 0 aliphatic rings. The lowest BCUT2D eigenvalue weighted by atomic mass is 10.2. The van der Waals surface area contributed by atoms with Crippen LogP contribution in [-0.4, -0.2) is 6.54 Å². The van der Waals surface area contributed by atoms with E-state index in [0.717, 1.165) is 29.3 Å². The Labute approximate surface area is 112 Å². The molecule has 0 atom stereocenters. The Balaban J connectivity index is 2.18. The van der Waals surface area contributed by atoms with Gasteiger partial charge in [0.1, 0.15) is 17.3 Å². The molecule has 0 radical (unpaired) electrons. The van der Waals surface area contributed by atoms with Gasteiger partial charge in [0.2, 0.25) is 0 Å². The molecule has 2 aromatic rings. The highest BCUT2D eigenvalue weighted by Gasteiger charge is 2.11. The zero-order valence-electron chi connectivity index (χ0n) is 11.3. The summed E-state index contributed by atoms with van der Waals surface area (Å²) < 4.78 is 18.9. The number of furan rings is 1. The minimum absolute atomic E-state index is 0.228. The summed E-state index contributed by atoms with van der Waals surface area (Å²) in [5, 5.41) is 0. The van der Waals surface area contributed by atoms with Crippen molar-refractivity contribution < 1.29 is 8.81 Å². The maximum atomic E-state index is 13.3. The molecule has 1 aromatic carbocycles. The number of halogens is 1. The average molecular weight is 262 g/mol. The third-order valence-electron chi connectivity index (χ3n) is 3.19. The number of hydrogen-bond acceptors (Lipinski definition) is 3. The highest BCUT2D eigenvalue weighted by atomic mass is 19.1. The predicted octanol–water partition coefficient (Wildman–Crippen LogP) is 3.21. The first-order valence-electron chi connectivity index (χ1n) is 6.42. The van der Waals surface area contributed by atoms with E-state index in [4.69, 9.17) is 10.2 Å². The molecule has 102 valence electrons. The SMILES string of the molecule is CCN(Cc1cc(CN)c(C)o1)c1cccc(F)c1. The summed E-state index contributed by atoms with van der Waals surface area (Å²) in [7, 11) is 0. The molecule has 0 saturated heterocycles. The quantitative estimate of drug-likeness (QED) is 0.899. The number of benzene rings is 1. The molecule has 1 heterocycles. The first-order valence-corrected chi connectivity index (χ1v) is 6.42. The van der Waals surface area contributed by atoms with Crippen LogP contribution in [-0.2, 0) is 13.1 Å². The van der Waals surface area contributed by atoms with Gasteiger partial charge in [-0.1, -0.05) is 6.07 Å². The Hall–Kier alpha value is -1.81. The number of nitrogens with two attached hydrogens (primary N) is 1. The molecule has 19 heavy (non-hydrogen) atoms. The van der Waals surface area contributed by atoms with Gasteiger partial charge in [0.25, 0.3) is 0 Å². The Morgan fingerprint density at radius 2 is 2.11 bits per heavy atom. The largest absolute Gasteiger partial charge is 0.464 e. The minimum Gasteiger partial charge on any atom is -0.464 e. The Kier molecular flexibility index (Phi) is 4.22. The van der Waals surface area contributed by atoms with E-state index < -0.39 is 0 Å². The van der Waals surface area contributed by atoms with Crippen LogP contribution in [0.15, 0.2) is 34.7 Å². The van der Waals surface area contributed by atoms with E-state index in [1.54, 1.807) is 6.07 Å². The van der Waals surface area contributed by atoms with Crippen LogP contribution in [0.2, 0.25) is 0 Å². The molecule has 0 bridgehead atoms. The first kappa shape index (κ1) is 13.6. The molecular weight excluding hydrogens is 243 g/mol. The van der Waals surface area contributed by atoms with Crippen molar-refractivity contribution in [3.8, 4) is 0 Å². The lowest BCUT2D eigenvalue weighted by molar-refractivity contribution is 0.476. The van der Waals surface area contributed by atoms with E-state index in [0.29, 0.717) is 13.1 Å². The van der Waals surface area contributed by atoms with Crippen LogP contribution in [0.4, 0.5) is 10.1 Å². The van der Waals surface area contributed by atoms with E-state index in [1.807, 2.05) is 26.0 Å². The number of anilines is 1. The maximum absolute atomic E-state index is 13.3.